The summed E-state index contributed by atoms with van der Waals surface area (Å²) in [6.45, 7) is 2.10. The molecule has 1 fully saturated rings. The number of carbonyl (C=O) groups excluding carboxylic acids is 1. The molecule has 3 nitrogen and oxygen atoms in total. The Morgan fingerprint density at radius 3 is 2.63 bits per heavy atom. The highest BCUT2D eigenvalue weighted by atomic mass is 16.5. The lowest BCUT2D eigenvalue weighted by Gasteiger charge is -2.29. The number of methoxy groups -OCH3 is 1. The van der Waals surface area contributed by atoms with Crippen LogP contribution in [0.25, 0.3) is 0 Å². The maximum atomic E-state index is 12.1. The van der Waals surface area contributed by atoms with Crippen molar-refractivity contribution in [2.75, 3.05) is 7.11 Å². The van der Waals surface area contributed by atoms with Crippen molar-refractivity contribution in [1.29, 1.82) is 0 Å². The van der Waals surface area contributed by atoms with Crippen LogP contribution < -0.4 is 0 Å². The Morgan fingerprint density at radius 2 is 2.00 bits per heavy atom. The van der Waals surface area contributed by atoms with E-state index in [4.69, 9.17) is 9.47 Å². The molecule has 0 N–H and O–H groups in total. The third-order valence-electron chi connectivity index (χ3n) is 4.54. The van der Waals surface area contributed by atoms with Gasteiger partial charge in [0.05, 0.1) is 11.2 Å². The second-order valence-corrected chi connectivity index (χ2v) is 5.45. The molecule has 1 saturated carbocycles. The average Bonchev–Trinajstić information content (AvgIpc) is 2.90. The number of hydrogen-bond acceptors (Lipinski definition) is 3. The molecule has 0 radical (unpaired) electrons. The van der Waals surface area contributed by atoms with Crippen molar-refractivity contribution in [2.24, 2.45) is 11.8 Å². The molecule has 1 aromatic carbocycles. The van der Waals surface area contributed by atoms with Gasteiger partial charge in [-0.3, -0.25) is 0 Å². The topological polar surface area (TPSA) is 35.5 Å². The first-order chi connectivity index (χ1) is 9.15. The molecular formula is C16H18O3. The van der Waals surface area contributed by atoms with Crippen molar-refractivity contribution >= 4 is 5.97 Å². The van der Waals surface area contributed by atoms with Crippen molar-refractivity contribution in [3.63, 3.8) is 0 Å². The van der Waals surface area contributed by atoms with Gasteiger partial charge in [0.25, 0.3) is 0 Å². The van der Waals surface area contributed by atoms with E-state index in [0.29, 0.717) is 11.5 Å². The maximum absolute atomic E-state index is 12.1. The van der Waals surface area contributed by atoms with Crippen LogP contribution in [0.4, 0.5) is 0 Å². The highest BCUT2D eigenvalue weighted by Gasteiger charge is 2.55. The molecule has 0 heterocycles. The summed E-state index contributed by atoms with van der Waals surface area (Å²) in [5.74, 6) is 0.260. The summed E-state index contributed by atoms with van der Waals surface area (Å²) in [7, 11) is 1.73. The third-order valence-corrected chi connectivity index (χ3v) is 4.54. The minimum atomic E-state index is -0.245. The highest BCUT2D eigenvalue weighted by molar-refractivity contribution is 5.89. The molecule has 3 rings (SSSR count). The van der Waals surface area contributed by atoms with Crippen molar-refractivity contribution < 1.29 is 14.3 Å². The molecule has 0 amide bonds. The van der Waals surface area contributed by atoms with Crippen LogP contribution in [0, 0.1) is 11.8 Å². The second kappa shape index (κ2) is 4.49. The summed E-state index contributed by atoms with van der Waals surface area (Å²) < 4.78 is 11.3. The van der Waals surface area contributed by atoms with Gasteiger partial charge in [-0.05, 0) is 25.5 Å². The second-order valence-electron chi connectivity index (χ2n) is 5.45. The molecule has 3 heteroatoms. The van der Waals surface area contributed by atoms with Gasteiger partial charge < -0.3 is 9.47 Å². The van der Waals surface area contributed by atoms with Gasteiger partial charge in [-0.1, -0.05) is 30.4 Å². The summed E-state index contributed by atoms with van der Waals surface area (Å²) >= 11 is 0. The molecule has 19 heavy (non-hydrogen) atoms. The van der Waals surface area contributed by atoms with E-state index in [1.54, 1.807) is 19.2 Å². The van der Waals surface area contributed by atoms with E-state index in [9.17, 15) is 4.79 Å². The maximum Gasteiger partial charge on any atom is 0.338 e. The largest absolute Gasteiger partial charge is 0.458 e. The number of benzene rings is 1. The summed E-state index contributed by atoms with van der Waals surface area (Å²) in [5.41, 5.74) is 0.384. The van der Waals surface area contributed by atoms with Crippen molar-refractivity contribution in [2.45, 2.75) is 25.0 Å². The lowest BCUT2D eigenvalue weighted by Crippen LogP contribution is -2.36. The smallest absolute Gasteiger partial charge is 0.338 e. The zero-order valence-electron chi connectivity index (χ0n) is 11.2. The Bertz CT molecular complexity index is 508. The Hall–Kier alpha value is -1.61. The van der Waals surface area contributed by atoms with Gasteiger partial charge in [-0.15, -0.1) is 0 Å². The first-order valence-corrected chi connectivity index (χ1v) is 6.64. The van der Waals surface area contributed by atoms with Crippen LogP contribution in [-0.2, 0) is 9.47 Å². The number of ether oxygens (including phenoxy) is 2. The van der Waals surface area contributed by atoms with Crippen LogP contribution in [0.15, 0.2) is 42.5 Å². The Balaban J connectivity index is 1.73. The minimum absolute atomic E-state index is 0.0762. The van der Waals surface area contributed by atoms with Gasteiger partial charge in [0.1, 0.15) is 6.10 Å². The quantitative estimate of drug-likeness (QED) is 0.618. The van der Waals surface area contributed by atoms with Crippen molar-refractivity contribution in [1.82, 2.24) is 0 Å². The standard InChI is InChI=1S/C16H18O3/c1-16(18-2)12-8-9-13(16)14(10-12)19-15(17)11-6-4-3-5-7-11/h3-9,12-14H,10H2,1-2H3. The predicted octanol–water partition coefficient (Wildman–Crippen LogP) is 2.82. The number of hydrogen-bond donors (Lipinski definition) is 0. The minimum Gasteiger partial charge on any atom is -0.458 e. The molecule has 2 aliphatic carbocycles. The molecule has 0 saturated heterocycles. The fourth-order valence-electron chi connectivity index (χ4n) is 3.27. The fraction of sp³-hybridized carbons (Fsp3) is 0.438. The molecule has 0 aromatic heterocycles. The van der Waals surface area contributed by atoms with Crippen LogP contribution in [0.2, 0.25) is 0 Å². The fourth-order valence-corrected chi connectivity index (χ4v) is 3.27. The van der Waals surface area contributed by atoms with E-state index in [1.807, 2.05) is 18.2 Å². The van der Waals surface area contributed by atoms with Gasteiger partial charge >= 0.3 is 5.97 Å². The Morgan fingerprint density at radius 1 is 1.26 bits per heavy atom. The van der Waals surface area contributed by atoms with Gasteiger partial charge in [-0.25, -0.2) is 4.79 Å². The van der Waals surface area contributed by atoms with Crippen LogP contribution in [0.1, 0.15) is 23.7 Å². The number of carbonyl (C=O) groups is 1. The van der Waals surface area contributed by atoms with Crippen LogP contribution >= 0.6 is 0 Å². The monoisotopic (exact) mass is 258 g/mol. The van der Waals surface area contributed by atoms with Crippen LogP contribution in [-0.4, -0.2) is 24.8 Å². The molecular weight excluding hydrogens is 240 g/mol. The number of esters is 1. The normalized spacial score (nSPS) is 35.6. The highest BCUT2D eigenvalue weighted by Crippen LogP contribution is 2.50. The van der Waals surface area contributed by atoms with E-state index < -0.39 is 0 Å². The van der Waals surface area contributed by atoms with Gasteiger partial charge in [0, 0.05) is 18.9 Å². The van der Waals surface area contributed by atoms with Crippen molar-refractivity contribution in [3.8, 4) is 0 Å². The first-order valence-electron chi connectivity index (χ1n) is 6.64. The van der Waals surface area contributed by atoms with Crippen LogP contribution in [0.3, 0.4) is 0 Å². The van der Waals surface area contributed by atoms with E-state index in [1.165, 1.54) is 0 Å². The van der Waals surface area contributed by atoms with E-state index >= 15 is 0 Å². The lowest BCUT2D eigenvalue weighted by molar-refractivity contribution is -0.0423. The molecule has 100 valence electrons. The molecule has 2 bridgehead atoms. The summed E-state index contributed by atoms with van der Waals surface area (Å²) in [4.78, 5) is 12.1. The van der Waals surface area contributed by atoms with Crippen LogP contribution in [0.5, 0.6) is 0 Å². The molecule has 4 atom stereocenters. The summed E-state index contributed by atoms with van der Waals surface area (Å²) in [6, 6.07) is 9.13. The SMILES string of the molecule is COC1(C)C2C=CC1C(OC(=O)c1ccccc1)C2. The van der Waals surface area contributed by atoms with E-state index in [2.05, 4.69) is 19.1 Å². The van der Waals surface area contributed by atoms with Crippen molar-refractivity contribution in [3.05, 3.63) is 48.0 Å². The Labute approximate surface area is 113 Å². The number of fused-ring (bicyclic) bond motifs is 2. The summed E-state index contributed by atoms with van der Waals surface area (Å²) in [5, 5.41) is 0. The Kier molecular flexibility index (Phi) is 2.94. The van der Waals surface area contributed by atoms with Gasteiger partial charge in [0.2, 0.25) is 0 Å². The van der Waals surface area contributed by atoms with E-state index in [-0.39, 0.29) is 23.6 Å². The van der Waals surface area contributed by atoms with E-state index in [0.717, 1.165) is 6.42 Å². The van der Waals surface area contributed by atoms with Gasteiger partial charge in [0.15, 0.2) is 0 Å². The number of rotatable bonds is 3. The third kappa shape index (κ3) is 1.89. The molecule has 0 spiro atoms. The molecule has 0 aliphatic heterocycles. The average molecular weight is 258 g/mol. The molecule has 4 unspecified atom stereocenters. The zero-order valence-corrected chi connectivity index (χ0v) is 11.2. The van der Waals surface area contributed by atoms with Gasteiger partial charge in [-0.2, -0.15) is 0 Å². The zero-order chi connectivity index (χ0) is 13.5. The molecule has 1 aromatic rings. The summed E-state index contributed by atoms with van der Waals surface area (Å²) in [6.07, 6.45) is 5.08. The molecule has 2 aliphatic rings. The lowest BCUT2D eigenvalue weighted by atomic mass is 9.92. The predicted molar refractivity (Wildman–Crippen MR) is 71.8 cm³/mol. The first kappa shape index (κ1) is 12.4.